The monoisotopic (exact) mass is 349 g/mol. The third-order valence-electron chi connectivity index (χ3n) is 3.91. The van der Waals surface area contributed by atoms with Crippen molar-refractivity contribution in [3.8, 4) is 0 Å². The number of nitrogens with two attached hydrogens (primary N) is 1. The van der Waals surface area contributed by atoms with Gasteiger partial charge in [-0.1, -0.05) is 0 Å². The van der Waals surface area contributed by atoms with Gasteiger partial charge >= 0.3 is 0 Å². The minimum absolute atomic E-state index is 0.00131. The fourth-order valence-corrected chi connectivity index (χ4v) is 2.83. The molecule has 1 aliphatic rings. The zero-order valence-electron chi connectivity index (χ0n) is 13.8. The fourth-order valence-electron chi connectivity index (χ4n) is 2.83. The van der Waals surface area contributed by atoms with Crippen molar-refractivity contribution in [3.05, 3.63) is 18.0 Å². The fraction of sp³-hybridized carbons (Fsp3) is 0.571. The predicted octanol–water partition coefficient (Wildman–Crippen LogP) is -1.74. The molecule has 1 aliphatic heterocycles. The van der Waals surface area contributed by atoms with Crippen LogP contribution in [0, 0.1) is 0 Å². The summed E-state index contributed by atoms with van der Waals surface area (Å²) in [5, 5.41) is 32.7. The maximum absolute atomic E-state index is 10.3. The Bertz CT molecular complexity index is 666. The number of hydrogen-bond acceptors (Lipinski definition) is 10. The van der Waals surface area contributed by atoms with Crippen LogP contribution in [0.15, 0.2) is 12.3 Å². The molecule has 2 aromatic rings. The average Bonchev–Trinajstić information content (AvgIpc) is 3.01. The van der Waals surface area contributed by atoms with Crippen molar-refractivity contribution < 1.29 is 10.2 Å². The summed E-state index contributed by atoms with van der Waals surface area (Å²) in [7, 11) is 0. The number of aliphatic hydroxyl groups is 2. The lowest BCUT2D eigenvalue weighted by Crippen LogP contribution is -2.34. The highest BCUT2D eigenvalue weighted by Crippen LogP contribution is 2.19. The van der Waals surface area contributed by atoms with Crippen LogP contribution >= 0.6 is 0 Å². The second-order valence-corrected chi connectivity index (χ2v) is 5.92. The molecule has 0 aromatic carbocycles. The predicted molar refractivity (Wildman–Crippen MR) is 91.9 cm³/mol. The first-order valence-corrected chi connectivity index (χ1v) is 8.13. The van der Waals surface area contributed by atoms with Gasteiger partial charge < -0.3 is 26.2 Å². The second kappa shape index (κ2) is 8.05. The summed E-state index contributed by atoms with van der Waals surface area (Å²) in [6.07, 6.45) is 1.15. The Morgan fingerprint density at radius 2 is 2.20 bits per heavy atom. The van der Waals surface area contributed by atoms with E-state index in [1.54, 1.807) is 12.3 Å². The van der Waals surface area contributed by atoms with Gasteiger partial charge in [-0.25, -0.2) is 0 Å². The van der Waals surface area contributed by atoms with Crippen molar-refractivity contribution in [2.24, 2.45) is 0 Å². The summed E-state index contributed by atoms with van der Waals surface area (Å²) in [4.78, 5) is 12.5. The van der Waals surface area contributed by atoms with Crippen molar-refractivity contribution in [1.29, 1.82) is 0 Å². The third kappa shape index (κ3) is 4.75. The summed E-state index contributed by atoms with van der Waals surface area (Å²) in [5.41, 5.74) is 6.62. The molecule has 6 N–H and O–H groups in total. The molecule has 3 rings (SSSR count). The van der Waals surface area contributed by atoms with Crippen LogP contribution < -0.4 is 16.0 Å². The van der Waals surface area contributed by atoms with Crippen LogP contribution in [-0.4, -0.2) is 85.9 Å². The summed E-state index contributed by atoms with van der Waals surface area (Å²) in [5.74, 6) is 1.35. The molecule has 0 amide bonds. The smallest absolute Gasteiger partial charge is 0.223 e. The lowest BCUT2D eigenvalue weighted by molar-refractivity contribution is 0.128. The number of hydrogen-bond donors (Lipinski definition) is 5. The molecule has 136 valence electrons. The Morgan fingerprint density at radius 1 is 1.32 bits per heavy atom. The topological polar surface area (TPSA) is 152 Å². The van der Waals surface area contributed by atoms with Gasteiger partial charge in [0.1, 0.15) is 11.6 Å². The minimum atomic E-state index is -0.528. The van der Waals surface area contributed by atoms with Crippen LogP contribution in [0.1, 0.15) is 5.69 Å². The van der Waals surface area contributed by atoms with E-state index >= 15 is 0 Å². The highest BCUT2D eigenvalue weighted by Gasteiger charge is 2.23. The van der Waals surface area contributed by atoms with E-state index in [1.807, 2.05) is 4.90 Å². The molecule has 1 fully saturated rings. The molecule has 0 unspecified atom stereocenters. The molecule has 2 aromatic heterocycles. The maximum Gasteiger partial charge on any atom is 0.223 e. The van der Waals surface area contributed by atoms with Gasteiger partial charge in [-0.2, -0.15) is 25.4 Å². The summed E-state index contributed by atoms with van der Waals surface area (Å²) >= 11 is 0. The molecule has 1 saturated heterocycles. The van der Waals surface area contributed by atoms with E-state index < -0.39 is 6.10 Å². The summed E-state index contributed by atoms with van der Waals surface area (Å²) in [6, 6.07) is 1.77. The van der Waals surface area contributed by atoms with Gasteiger partial charge in [-0.05, 0) is 0 Å². The number of nitrogens with one attached hydrogen (secondary N) is 2. The first-order valence-electron chi connectivity index (χ1n) is 8.13. The van der Waals surface area contributed by atoms with E-state index in [9.17, 15) is 5.11 Å². The van der Waals surface area contributed by atoms with Gasteiger partial charge in [0.25, 0.3) is 0 Å². The van der Waals surface area contributed by atoms with E-state index in [-0.39, 0.29) is 12.6 Å². The number of β-amino-alcohol motifs (C(OH)–C–C–N with tert-alkyl or cyclic N) is 1. The van der Waals surface area contributed by atoms with Gasteiger partial charge in [-0.15, -0.1) is 0 Å². The maximum atomic E-state index is 10.3. The number of nitrogen functional groups attached to an aromatic ring is 1. The zero-order chi connectivity index (χ0) is 17.6. The molecule has 1 atom stereocenters. The summed E-state index contributed by atoms with van der Waals surface area (Å²) in [6.45, 7) is 3.42. The van der Waals surface area contributed by atoms with Crippen molar-refractivity contribution in [1.82, 2.24) is 30.3 Å². The average molecular weight is 349 g/mol. The van der Waals surface area contributed by atoms with Crippen LogP contribution in [0.25, 0.3) is 0 Å². The molecular weight excluding hydrogens is 326 g/mol. The van der Waals surface area contributed by atoms with Crippen LogP contribution in [0.4, 0.5) is 17.6 Å². The quantitative estimate of drug-likeness (QED) is 0.406. The van der Waals surface area contributed by atoms with Gasteiger partial charge in [0.15, 0.2) is 0 Å². The number of nitrogens with zero attached hydrogens (tertiary/aromatic N) is 6. The molecule has 0 aliphatic carbocycles. The van der Waals surface area contributed by atoms with Gasteiger partial charge in [0, 0.05) is 45.3 Å². The van der Waals surface area contributed by atoms with E-state index in [0.717, 1.165) is 12.2 Å². The number of H-pyrrole nitrogens is 1. The van der Waals surface area contributed by atoms with Crippen molar-refractivity contribution in [2.75, 3.05) is 55.3 Å². The molecule has 11 nitrogen and oxygen atoms in total. The lowest BCUT2D eigenvalue weighted by Gasteiger charge is -2.23. The molecule has 0 radical (unpaired) electrons. The van der Waals surface area contributed by atoms with Crippen molar-refractivity contribution in [2.45, 2.75) is 12.6 Å². The number of aromatic nitrogens is 5. The Morgan fingerprint density at radius 3 is 2.96 bits per heavy atom. The third-order valence-corrected chi connectivity index (χ3v) is 3.91. The van der Waals surface area contributed by atoms with Crippen LogP contribution in [-0.2, 0) is 6.54 Å². The zero-order valence-corrected chi connectivity index (χ0v) is 13.8. The van der Waals surface area contributed by atoms with E-state index in [2.05, 4.69) is 35.6 Å². The van der Waals surface area contributed by atoms with Gasteiger partial charge in [0.2, 0.25) is 5.95 Å². The van der Waals surface area contributed by atoms with Crippen LogP contribution in [0.5, 0.6) is 0 Å². The SMILES string of the molecule is Nc1nc(NCCO)cc(N2CCN(Cc3cn[nH]n3)C[C@@H](O)C2)n1. The molecule has 11 heteroatoms. The number of aliphatic hydroxyl groups excluding tert-OH is 2. The van der Waals surface area contributed by atoms with Gasteiger partial charge in [0.05, 0.1) is 24.6 Å². The molecule has 3 heterocycles. The Kier molecular flexibility index (Phi) is 5.58. The Hall–Kier alpha value is -2.50. The lowest BCUT2D eigenvalue weighted by atomic mass is 10.3. The van der Waals surface area contributed by atoms with Gasteiger partial charge in [-0.3, -0.25) is 4.90 Å². The van der Waals surface area contributed by atoms with Crippen LogP contribution in [0.2, 0.25) is 0 Å². The molecule has 25 heavy (non-hydrogen) atoms. The molecule has 0 spiro atoms. The standard InChI is InChI=1S/C14H23N9O2/c15-14-18-12(16-1-4-24)5-13(19-14)23-3-2-22(8-11(25)9-23)7-10-6-17-21-20-10/h5-6,11,24-25H,1-4,7-9H2,(H,17,20,21)(H3,15,16,18,19)/t11-/m1/s1. The number of aromatic amines is 1. The van der Waals surface area contributed by atoms with Crippen LogP contribution in [0.3, 0.4) is 0 Å². The highest BCUT2D eigenvalue weighted by atomic mass is 16.3. The number of rotatable bonds is 6. The largest absolute Gasteiger partial charge is 0.395 e. The minimum Gasteiger partial charge on any atom is -0.395 e. The molecule has 0 saturated carbocycles. The Labute approximate surface area is 144 Å². The van der Waals surface area contributed by atoms with E-state index in [0.29, 0.717) is 44.4 Å². The highest BCUT2D eigenvalue weighted by molar-refractivity contribution is 5.52. The van der Waals surface area contributed by atoms with Crippen molar-refractivity contribution in [3.63, 3.8) is 0 Å². The molecular formula is C14H23N9O2. The first-order chi connectivity index (χ1) is 12.1. The van der Waals surface area contributed by atoms with E-state index in [4.69, 9.17) is 10.8 Å². The van der Waals surface area contributed by atoms with E-state index in [1.165, 1.54) is 0 Å². The normalized spacial score (nSPS) is 19.0. The second-order valence-electron chi connectivity index (χ2n) is 5.92. The first kappa shape index (κ1) is 17.3. The Balaban J connectivity index is 1.69. The van der Waals surface area contributed by atoms with Crippen molar-refractivity contribution >= 4 is 17.6 Å². The number of anilines is 3. The molecule has 0 bridgehead atoms. The summed E-state index contributed by atoms with van der Waals surface area (Å²) < 4.78 is 0.